The van der Waals surface area contributed by atoms with Crippen LogP contribution in [0.3, 0.4) is 0 Å². The zero-order valence-corrected chi connectivity index (χ0v) is 25.9. The van der Waals surface area contributed by atoms with Crippen LogP contribution in [0.5, 0.6) is 23.0 Å². The SMILES string of the molecule is CCCCCOc1ccc(C2/C(=C(/O)c3ccc4c(c3)OCCO4)C(=O)C(=O)N2c2nc3ccc(Cl)cc3s2)cc1OCC. The van der Waals surface area contributed by atoms with Gasteiger partial charge in [0.05, 0.1) is 35.0 Å². The van der Waals surface area contributed by atoms with Crippen molar-refractivity contribution < 1.29 is 33.6 Å². The fraction of sp³-hybridized carbons (Fsp3) is 0.303. The second-order valence-corrected chi connectivity index (χ2v) is 11.8. The molecule has 3 aromatic carbocycles. The lowest BCUT2D eigenvalue weighted by atomic mass is 9.95. The maximum Gasteiger partial charge on any atom is 0.301 e. The molecule has 1 atom stereocenters. The number of aliphatic hydroxyl groups excluding tert-OH is 1. The second kappa shape index (κ2) is 12.8. The standard InChI is InChI=1S/C33H31ClN2O7S/c1-3-5-6-13-41-23-11-7-19(16-25(23)40-4-2)29-28(30(37)20-8-12-24-26(17-20)43-15-14-42-24)31(38)32(39)36(29)33-35-22-10-9-21(34)18-27(22)44-33/h7-12,16-18,29,37H,3-6,13-15H2,1-2H3/b30-28-. The molecule has 4 aromatic rings. The third kappa shape index (κ3) is 5.67. The minimum absolute atomic E-state index is 0.0805. The van der Waals surface area contributed by atoms with Crippen LogP contribution in [0.2, 0.25) is 5.02 Å². The number of hydrogen-bond donors (Lipinski definition) is 1. The summed E-state index contributed by atoms with van der Waals surface area (Å²) in [5.41, 5.74) is 1.41. The van der Waals surface area contributed by atoms with Crippen LogP contribution >= 0.6 is 22.9 Å². The number of thiazole rings is 1. The first-order valence-corrected chi connectivity index (χ1v) is 15.8. The number of fused-ring (bicyclic) bond motifs is 2. The molecule has 0 radical (unpaired) electrons. The Morgan fingerprint density at radius 1 is 1.00 bits per heavy atom. The highest BCUT2D eigenvalue weighted by atomic mass is 35.5. The molecule has 9 nitrogen and oxygen atoms in total. The van der Waals surface area contributed by atoms with Gasteiger partial charge in [0.1, 0.15) is 19.0 Å². The molecule has 1 aromatic heterocycles. The Morgan fingerprint density at radius 3 is 2.61 bits per heavy atom. The molecule has 2 aliphatic rings. The minimum Gasteiger partial charge on any atom is -0.507 e. The van der Waals surface area contributed by atoms with Gasteiger partial charge in [-0.25, -0.2) is 4.98 Å². The molecule has 228 valence electrons. The number of anilines is 1. The van der Waals surface area contributed by atoms with Gasteiger partial charge in [-0.1, -0.05) is 48.8 Å². The molecule has 1 amide bonds. The van der Waals surface area contributed by atoms with Gasteiger partial charge in [-0.3, -0.25) is 14.5 Å². The number of nitrogens with zero attached hydrogens (tertiary/aromatic N) is 2. The van der Waals surface area contributed by atoms with Crippen LogP contribution in [0.1, 0.15) is 50.3 Å². The van der Waals surface area contributed by atoms with E-state index in [1.54, 1.807) is 54.6 Å². The number of hydrogen-bond acceptors (Lipinski definition) is 9. The monoisotopic (exact) mass is 634 g/mol. The van der Waals surface area contributed by atoms with Crippen LogP contribution in [0.4, 0.5) is 5.13 Å². The Balaban J connectivity index is 1.49. The van der Waals surface area contributed by atoms with Crippen molar-refractivity contribution in [1.29, 1.82) is 0 Å². The topological polar surface area (TPSA) is 107 Å². The van der Waals surface area contributed by atoms with E-state index in [1.165, 1.54) is 16.2 Å². The van der Waals surface area contributed by atoms with Crippen LogP contribution in [0, 0.1) is 0 Å². The van der Waals surface area contributed by atoms with Crippen molar-refractivity contribution in [1.82, 2.24) is 4.98 Å². The zero-order valence-electron chi connectivity index (χ0n) is 24.3. The number of benzene rings is 3. The van der Waals surface area contributed by atoms with Crippen LogP contribution in [0.15, 0.2) is 60.2 Å². The summed E-state index contributed by atoms with van der Waals surface area (Å²) in [4.78, 5) is 33.5. The summed E-state index contributed by atoms with van der Waals surface area (Å²) in [7, 11) is 0. The summed E-state index contributed by atoms with van der Waals surface area (Å²) >= 11 is 7.46. The van der Waals surface area contributed by atoms with E-state index in [9.17, 15) is 14.7 Å². The van der Waals surface area contributed by atoms with E-state index >= 15 is 0 Å². The molecule has 1 fully saturated rings. The van der Waals surface area contributed by atoms with E-state index in [0.29, 0.717) is 76.2 Å². The quantitative estimate of drug-likeness (QED) is 0.0837. The summed E-state index contributed by atoms with van der Waals surface area (Å²) in [5.74, 6) is 0.0308. The van der Waals surface area contributed by atoms with Crippen LogP contribution in [0.25, 0.3) is 16.0 Å². The molecule has 6 rings (SSSR count). The summed E-state index contributed by atoms with van der Waals surface area (Å²) in [6, 6.07) is 14.4. The van der Waals surface area contributed by atoms with E-state index in [4.69, 9.17) is 30.5 Å². The van der Waals surface area contributed by atoms with Crippen LogP contribution in [-0.4, -0.2) is 48.2 Å². The Kier molecular flexibility index (Phi) is 8.63. The normalized spacial score (nSPS) is 17.3. The van der Waals surface area contributed by atoms with Gasteiger partial charge in [0, 0.05) is 10.6 Å². The molecular formula is C33H31ClN2O7S. The molecule has 1 saturated heterocycles. The molecule has 1 unspecified atom stereocenters. The van der Waals surface area contributed by atoms with Crippen LogP contribution < -0.4 is 23.8 Å². The number of halogens is 1. The molecule has 1 N–H and O–H groups in total. The molecule has 3 heterocycles. The van der Waals surface area contributed by atoms with E-state index in [0.717, 1.165) is 24.0 Å². The number of unbranched alkanes of at least 4 members (excludes halogenated alkanes) is 2. The largest absolute Gasteiger partial charge is 0.507 e. The van der Waals surface area contributed by atoms with Crippen molar-refractivity contribution in [2.45, 2.75) is 39.2 Å². The molecular weight excluding hydrogens is 604 g/mol. The van der Waals surface area contributed by atoms with Gasteiger partial charge >= 0.3 is 5.91 Å². The number of carbonyl (C=O) groups excluding carboxylic acids is 2. The average molecular weight is 635 g/mol. The van der Waals surface area contributed by atoms with Crippen molar-refractivity contribution in [3.05, 3.63) is 76.3 Å². The highest BCUT2D eigenvalue weighted by Crippen LogP contribution is 2.46. The van der Waals surface area contributed by atoms with Crippen molar-refractivity contribution in [2.24, 2.45) is 0 Å². The van der Waals surface area contributed by atoms with Crippen LogP contribution in [-0.2, 0) is 9.59 Å². The Labute approximate surface area is 263 Å². The zero-order chi connectivity index (χ0) is 30.8. The van der Waals surface area contributed by atoms with Gasteiger partial charge in [-0.2, -0.15) is 0 Å². The highest BCUT2D eigenvalue weighted by molar-refractivity contribution is 7.22. The lowest BCUT2D eigenvalue weighted by Crippen LogP contribution is -2.29. The summed E-state index contributed by atoms with van der Waals surface area (Å²) in [5, 5.41) is 12.5. The number of ketones is 1. The smallest absolute Gasteiger partial charge is 0.301 e. The third-order valence-corrected chi connectivity index (χ3v) is 8.65. The first kappa shape index (κ1) is 29.8. The molecule has 44 heavy (non-hydrogen) atoms. The third-order valence-electron chi connectivity index (χ3n) is 7.39. The van der Waals surface area contributed by atoms with Crippen molar-refractivity contribution >= 4 is 55.7 Å². The average Bonchev–Trinajstić information content (AvgIpc) is 3.56. The predicted octanol–water partition coefficient (Wildman–Crippen LogP) is 7.31. The van der Waals surface area contributed by atoms with Crippen molar-refractivity contribution in [3.63, 3.8) is 0 Å². The number of amides is 1. The van der Waals surface area contributed by atoms with E-state index < -0.39 is 17.7 Å². The number of aromatic nitrogens is 1. The first-order valence-electron chi connectivity index (χ1n) is 14.6. The maximum atomic E-state index is 13.8. The van der Waals surface area contributed by atoms with E-state index in [2.05, 4.69) is 11.9 Å². The van der Waals surface area contributed by atoms with Gasteiger partial charge in [0.25, 0.3) is 5.78 Å². The van der Waals surface area contributed by atoms with Gasteiger partial charge in [0.2, 0.25) is 0 Å². The fourth-order valence-electron chi connectivity index (χ4n) is 5.30. The Bertz CT molecular complexity index is 1770. The van der Waals surface area contributed by atoms with Gasteiger partial charge in [-0.15, -0.1) is 0 Å². The Hall–Kier alpha value is -4.28. The Morgan fingerprint density at radius 2 is 1.82 bits per heavy atom. The first-order chi connectivity index (χ1) is 21.4. The van der Waals surface area contributed by atoms with E-state index in [-0.39, 0.29) is 11.3 Å². The summed E-state index contributed by atoms with van der Waals surface area (Å²) < 4.78 is 24.0. The van der Waals surface area contributed by atoms with Gasteiger partial charge < -0.3 is 24.1 Å². The minimum atomic E-state index is -1.01. The number of Topliss-reactive ketones (excluding diaryl/α,β-unsaturated/α-hetero) is 1. The summed E-state index contributed by atoms with van der Waals surface area (Å²) in [6.07, 6.45) is 3.02. The molecule has 2 aliphatic heterocycles. The highest BCUT2D eigenvalue weighted by Gasteiger charge is 2.48. The number of aliphatic hydroxyl groups is 1. The van der Waals surface area contributed by atoms with Crippen molar-refractivity contribution in [2.75, 3.05) is 31.3 Å². The van der Waals surface area contributed by atoms with Gasteiger partial charge in [0.15, 0.2) is 28.1 Å². The number of ether oxygens (including phenoxy) is 4. The number of carbonyl (C=O) groups is 2. The molecule has 0 spiro atoms. The summed E-state index contributed by atoms with van der Waals surface area (Å²) in [6.45, 7) is 5.68. The maximum absolute atomic E-state index is 13.8. The lowest BCUT2D eigenvalue weighted by Gasteiger charge is -2.24. The molecule has 11 heteroatoms. The second-order valence-electron chi connectivity index (χ2n) is 10.3. The fourth-order valence-corrected chi connectivity index (χ4v) is 6.57. The molecule has 0 saturated carbocycles. The molecule has 0 aliphatic carbocycles. The lowest BCUT2D eigenvalue weighted by molar-refractivity contribution is -0.132. The van der Waals surface area contributed by atoms with Gasteiger partial charge in [-0.05, 0) is 67.4 Å². The predicted molar refractivity (Wildman–Crippen MR) is 169 cm³/mol. The van der Waals surface area contributed by atoms with Crippen molar-refractivity contribution in [3.8, 4) is 23.0 Å². The van der Waals surface area contributed by atoms with E-state index in [1.807, 2.05) is 6.92 Å². The number of rotatable bonds is 10. The molecule has 0 bridgehead atoms.